The van der Waals surface area contributed by atoms with Gasteiger partial charge in [-0.1, -0.05) is 83.6 Å². The van der Waals surface area contributed by atoms with Crippen LogP contribution in [0.3, 0.4) is 0 Å². The number of nitrogens with zero attached hydrogens (tertiary/aromatic N) is 1. The van der Waals surface area contributed by atoms with Crippen molar-refractivity contribution in [1.29, 1.82) is 0 Å². The molecule has 0 aromatic carbocycles. The molecule has 0 aliphatic heterocycles. The van der Waals surface area contributed by atoms with Gasteiger partial charge in [-0.05, 0) is 58.2 Å². The van der Waals surface area contributed by atoms with Gasteiger partial charge >= 0.3 is 0 Å². The smallest absolute Gasteiger partial charge is 0.00190 e. The molecule has 1 nitrogen and oxygen atoms in total. The molecule has 136 valence electrons. The quantitative estimate of drug-likeness (QED) is 0.203. The van der Waals surface area contributed by atoms with E-state index >= 15 is 0 Å². The predicted octanol–water partition coefficient (Wildman–Crippen LogP) is 7.14. The highest BCUT2D eigenvalue weighted by molar-refractivity contribution is 4.92. The summed E-state index contributed by atoms with van der Waals surface area (Å²) in [5.74, 6) is 0. The molecule has 0 radical (unpaired) electrons. The Morgan fingerprint density at radius 2 is 1.09 bits per heavy atom. The Morgan fingerprint density at radius 3 is 1.65 bits per heavy atom. The fourth-order valence-electron chi connectivity index (χ4n) is 2.86. The zero-order chi connectivity index (χ0) is 17.0. The number of hydrogen-bond donors (Lipinski definition) is 0. The number of hydrogen-bond acceptors (Lipinski definition) is 1. The van der Waals surface area contributed by atoms with Gasteiger partial charge in [0.1, 0.15) is 0 Å². The first-order valence-corrected chi connectivity index (χ1v) is 10.4. The second kappa shape index (κ2) is 19.5. The van der Waals surface area contributed by atoms with Gasteiger partial charge in [-0.15, -0.1) is 0 Å². The average Bonchev–Trinajstić information content (AvgIpc) is 2.58. The van der Waals surface area contributed by atoms with E-state index in [1.54, 1.807) is 0 Å². The lowest BCUT2D eigenvalue weighted by molar-refractivity contribution is 0.295. The van der Waals surface area contributed by atoms with Gasteiger partial charge in [0.2, 0.25) is 0 Å². The Balaban J connectivity index is 3.22. The molecular formula is C22H43N. The second-order valence-electron chi connectivity index (χ2n) is 6.61. The normalized spacial score (nSPS) is 12.2. The molecular weight excluding hydrogens is 278 g/mol. The first-order valence-electron chi connectivity index (χ1n) is 10.4. The molecule has 23 heavy (non-hydrogen) atoms. The van der Waals surface area contributed by atoms with Crippen LogP contribution in [0.4, 0.5) is 0 Å². The SMILES string of the molecule is CCCCC/C=C\C/C=C\CCCCCCCCN(CC)CC. The Morgan fingerprint density at radius 1 is 0.565 bits per heavy atom. The molecule has 0 bridgehead atoms. The lowest BCUT2D eigenvalue weighted by Gasteiger charge is -2.17. The molecule has 0 heterocycles. The molecule has 0 saturated heterocycles. The van der Waals surface area contributed by atoms with Crippen molar-refractivity contribution >= 4 is 0 Å². The summed E-state index contributed by atoms with van der Waals surface area (Å²) in [5, 5.41) is 0. The number of allylic oxidation sites excluding steroid dienone is 4. The van der Waals surface area contributed by atoms with Gasteiger partial charge in [0, 0.05) is 0 Å². The highest BCUT2D eigenvalue weighted by Gasteiger charge is 1.97. The summed E-state index contributed by atoms with van der Waals surface area (Å²) < 4.78 is 0. The lowest BCUT2D eigenvalue weighted by Crippen LogP contribution is -2.23. The van der Waals surface area contributed by atoms with Crippen molar-refractivity contribution in [1.82, 2.24) is 4.90 Å². The van der Waals surface area contributed by atoms with Crippen molar-refractivity contribution in [2.75, 3.05) is 19.6 Å². The first kappa shape index (κ1) is 22.4. The summed E-state index contributed by atoms with van der Waals surface area (Å²) in [6, 6.07) is 0. The van der Waals surface area contributed by atoms with Crippen molar-refractivity contribution < 1.29 is 0 Å². The van der Waals surface area contributed by atoms with Crippen LogP contribution in [0.25, 0.3) is 0 Å². The lowest BCUT2D eigenvalue weighted by atomic mass is 10.1. The number of unbranched alkanes of at least 4 members (excludes halogenated alkanes) is 9. The van der Waals surface area contributed by atoms with E-state index in [9.17, 15) is 0 Å². The third-order valence-corrected chi connectivity index (χ3v) is 4.57. The Kier molecular flexibility index (Phi) is 19.0. The minimum atomic E-state index is 1.12. The monoisotopic (exact) mass is 321 g/mol. The third-order valence-electron chi connectivity index (χ3n) is 4.57. The third kappa shape index (κ3) is 17.6. The molecule has 0 aromatic rings. The zero-order valence-electron chi connectivity index (χ0n) is 16.4. The van der Waals surface area contributed by atoms with Crippen LogP contribution in [0.1, 0.15) is 97.8 Å². The summed E-state index contributed by atoms with van der Waals surface area (Å²) in [6.45, 7) is 10.5. The molecule has 0 rings (SSSR count). The van der Waals surface area contributed by atoms with Crippen LogP contribution in [0.5, 0.6) is 0 Å². The van der Waals surface area contributed by atoms with Crippen LogP contribution in [0.15, 0.2) is 24.3 Å². The molecule has 0 fully saturated rings. The Bertz CT molecular complexity index is 263. The minimum absolute atomic E-state index is 1.12. The molecule has 0 aliphatic rings. The molecule has 0 N–H and O–H groups in total. The maximum absolute atomic E-state index is 2.53. The summed E-state index contributed by atoms with van der Waals surface area (Å²) in [7, 11) is 0. The average molecular weight is 322 g/mol. The van der Waals surface area contributed by atoms with E-state index in [4.69, 9.17) is 0 Å². The van der Waals surface area contributed by atoms with Gasteiger partial charge in [-0.3, -0.25) is 0 Å². The van der Waals surface area contributed by atoms with E-state index in [2.05, 4.69) is 50.0 Å². The van der Waals surface area contributed by atoms with Crippen LogP contribution in [0.2, 0.25) is 0 Å². The maximum Gasteiger partial charge on any atom is -0.00190 e. The van der Waals surface area contributed by atoms with Crippen LogP contribution >= 0.6 is 0 Å². The van der Waals surface area contributed by atoms with Gasteiger partial charge in [0.05, 0.1) is 0 Å². The standard InChI is InChI=1S/C22H43N/c1-4-7-8-9-10-11-12-13-14-15-16-17-18-19-20-21-22-23(5-2)6-3/h10-11,13-14H,4-9,12,15-22H2,1-3H3/b11-10-,14-13-. The molecule has 0 atom stereocenters. The molecule has 0 amide bonds. The van der Waals surface area contributed by atoms with Gasteiger partial charge < -0.3 is 4.90 Å². The van der Waals surface area contributed by atoms with E-state index in [0.717, 1.165) is 6.42 Å². The fraction of sp³-hybridized carbons (Fsp3) is 0.818. The summed E-state index contributed by atoms with van der Waals surface area (Å²) in [4.78, 5) is 2.53. The maximum atomic E-state index is 2.53. The van der Waals surface area contributed by atoms with E-state index in [1.165, 1.54) is 90.3 Å². The highest BCUT2D eigenvalue weighted by Crippen LogP contribution is 2.08. The molecule has 0 spiro atoms. The largest absolute Gasteiger partial charge is 0.304 e. The molecule has 0 saturated carbocycles. The van der Waals surface area contributed by atoms with E-state index < -0.39 is 0 Å². The summed E-state index contributed by atoms with van der Waals surface area (Å²) in [6.07, 6.45) is 25.5. The fourth-order valence-corrected chi connectivity index (χ4v) is 2.86. The Labute approximate surface area is 147 Å². The Hall–Kier alpha value is -0.560. The van der Waals surface area contributed by atoms with Crippen LogP contribution in [0, 0.1) is 0 Å². The van der Waals surface area contributed by atoms with Crippen molar-refractivity contribution in [3.05, 3.63) is 24.3 Å². The van der Waals surface area contributed by atoms with Gasteiger partial charge in [0.15, 0.2) is 0 Å². The number of rotatable bonds is 17. The zero-order valence-corrected chi connectivity index (χ0v) is 16.4. The molecule has 1 heteroatoms. The van der Waals surface area contributed by atoms with Gasteiger partial charge in [-0.25, -0.2) is 0 Å². The topological polar surface area (TPSA) is 3.24 Å². The first-order chi connectivity index (χ1) is 11.3. The van der Waals surface area contributed by atoms with Crippen molar-refractivity contribution in [3.8, 4) is 0 Å². The van der Waals surface area contributed by atoms with E-state index in [1.807, 2.05) is 0 Å². The highest BCUT2D eigenvalue weighted by atomic mass is 15.1. The molecule has 0 aromatic heterocycles. The van der Waals surface area contributed by atoms with Gasteiger partial charge in [0.25, 0.3) is 0 Å². The van der Waals surface area contributed by atoms with Crippen molar-refractivity contribution in [2.24, 2.45) is 0 Å². The minimum Gasteiger partial charge on any atom is -0.304 e. The predicted molar refractivity (Wildman–Crippen MR) is 107 cm³/mol. The van der Waals surface area contributed by atoms with Crippen molar-refractivity contribution in [2.45, 2.75) is 97.8 Å². The van der Waals surface area contributed by atoms with Gasteiger partial charge in [-0.2, -0.15) is 0 Å². The molecule has 0 unspecified atom stereocenters. The van der Waals surface area contributed by atoms with Crippen LogP contribution in [-0.2, 0) is 0 Å². The van der Waals surface area contributed by atoms with E-state index in [-0.39, 0.29) is 0 Å². The van der Waals surface area contributed by atoms with Crippen LogP contribution in [-0.4, -0.2) is 24.5 Å². The van der Waals surface area contributed by atoms with Crippen molar-refractivity contribution in [3.63, 3.8) is 0 Å². The van der Waals surface area contributed by atoms with E-state index in [0.29, 0.717) is 0 Å². The second-order valence-corrected chi connectivity index (χ2v) is 6.61. The van der Waals surface area contributed by atoms with Crippen LogP contribution < -0.4 is 0 Å². The summed E-state index contributed by atoms with van der Waals surface area (Å²) >= 11 is 0. The summed E-state index contributed by atoms with van der Waals surface area (Å²) in [5.41, 5.74) is 0. The molecule has 0 aliphatic carbocycles.